The summed E-state index contributed by atoms with van der Waals surface area (Å²) in [5.74, 6) is 0.582. The van der Waals surface area contributed by atoms with Crippen molar-refractivity contribution in [3.63, 3.8) is 0 Å². The van der Waals surface area contributed by atoms with Crippen LogP contribution < -0.4 is 20.5 Å². The molecule has 2 aromatic rings. The Balaban J connectivity index is 1.58. The average Bonchev–Trinajstić information content (AvgIpc) is 3.60. The van der Waals surface area contributed by atoms with Crippen LogP contribution in [0.25, 0.3) is 0 Å². The predicted molar refractivity (Wildman–Crippen MR) is 121 cm³/mol. The molecule has 0 radical (unpaired) electrons. The fourth-order valence-electron chi connectivity index (χ4n) is 3.79. The molecule has 2 aliphatic carbocycles. The molecule has 1 amide bonds. The number of carbonyl (C=O) groups is 1. The summed E-state index contributed by atoms with van der Waals surface area (Å²) < 4.78 is 6.82. The second-order valence-electron chi connectivity index (χ2n) is 8.79. The molecule has 0 atom stereocenters. The maximum absolute atomic E-state index is 12.9. The first kappa shape index (κ1) is 22.1. The number of amides is 1. The van der Waals surface area contributed by atoms with E-state index in [-0.39, 0.29) is 17.8 Å². The summed E-state index contributed by atoms with van der Waals surface area (Å²) in [4.78, 5) is 17.5. The van der Waals surface area contributed by atoms with Crippen LogP contribution in [0.1, 0.15) is 60.3 Å². The van der Waals surface area contributed by atoms with Crippen LogP contribution in [0, 0.1) is 12.8 Å². The van der Waals surface area contributed by atoms with Crippen molar-refractivity contribution in [2.75, 3.05) is 17.7 Å². The van der Waals surface area contributed by atoms with E-state index in [0.29, 0.717) is 40.9 Å². The number of nitrogens with two attached hydrogens (primary N) is 1. The highest BCUT2D eigenvalue weighted by molar-refractivity contribution is 6.04. The van der Waals surface area contributed by atoms with Gasteiger partial charge in [0.2, 0.25) is 5.69 Å². The van der Waals surface area contributed by atoms with Gasteiger partial charge in [-0.25, -0.2) is 0 Å². The van der Waals surface area contributed by atoms with Gasteiger partial charge >= 0.3 is 11.6 Å². The second-order valence-corrected chi connectivity index (χ2v) is 8.79. The first-order valence-electron chi connectivity index (χ1n) is 11.2. The first-order chi connectivity index (χ1) is 15.4. The molecular weight excluding hydrogens is 408 g/mol. The van der Waals surface area contributed by atoms with Gasteiger partial charge in [0.15, 0.2) is 0 Å². The molecule has 8 nitrogen and oxygen atoms in total. The van der Waals surface area contributed by atoms with E-state index in [1.54, 1.807) is 43.5 Å². The highest BCUT2D eigenvalue weighted by Crippen LogP contribution is 2.34. The Morgan fingerprint density at radius 1 is 1.25 bits per heavy atom. The largest absolute Gasteiger partial charge is 0.491 e. The topological polar surface area (TPSA) is 121 Å². The number of aryl methyl sites for hydroxylation is 1. The molecule has 0 saturated heterocycles. The van der Waals surface area contributed by atoms with E-state index in [1.807, 2.05) is 0 Å². The number of hydrogen-bond acceptors (Lipinski definition) is 6. The number of aliphatic imine (C=N–C) groups is 1. The van der Waals surface area contributed by atoms with Crippen molar-refractivity contribution >= 4 is 23.5 Å². The third-order valence-electron chi connectivity index (χ3n) is 6.08. The summed E-state index contributed by atoms with van der Waals surface area (Å²) in [5, 5.41) is 22.8. The Bertz CT molecular complexity index is 1010. The van der Waals surface area contributed by atoms with Gasteiger partial charge in [0.05, 0.1) is 24.4 Å². The van der Waals surface area contributed by atoms with Gasteiger partial charge in [-0.3, -0.25) is 15.0 Å². The highest BCUT2D eigenvalue weighted by atomic mass is 16.5. The SMILES string of the molecule is Cc1cccc(C(=O)Nc2cc(C=NC3CCC(O)CC3)c(N)cc2OCC2CC2)[n+]1O. The highest BCUT2D eigenvalue weighted by Gasteiger charge is 2.25. The molecule has 0 aliphatic heterocycles. The van der Waals surface area contributed by atoms with Crippen LogP contribution in [0.15, 0.2) is 35.3 Å². The summed E-state index contributed by atoms with van der Waals surface area (Å²) >= 11 is 0. The third-order valence-corrected chi connectivity index (χ3v) is 6.08. The molecule has 0 spiro atoms. The molecular formula is C24H31N4O4+. The van der Waals surface area contributed by atoms with Gasteiger partial charge in [0, 0.05) is 47.3 Å². The fraction of sp³-hybridized carbons (Fsp3) is 0.458. The van der Waals surface area contributed by atoms with Gasteiger partial charge in [-0.2, -0.15) is 0 Å². The van der Waals surface area contributed by atoms with E-state index >= 15 is 0 Å². The molecule has 2 saturated carbocycles. The quantitative estimate of drug-likeness (QED) is 0.229. The lowest BCUT2D eigenvalue weighted by molar-refractivity contribution is -0.909. The Morgan fingerprint density at radius 3 is 2.72 bits per heavy atom. The number of anilines is 2. The standard InChI is InChI=1S/C24H30N4O4/c1-15-3-2-4-22(28(15)31)24(30)27-21-11-17(13-26-18-7-9-19(29)10-8-18)20(25)12-23(21)32-14-16-5-6-16/h2-4,11-13,16,18-19,25,29-31H,5-10,14H2,1H3/p+1. The van der Waals surface area contributed by atoms with Crippen LogP contribution in [-0.4, -0.2) is 41.2 Å². The molecule has 1 aromatic carbocycles. The Hall–Kier alpha value is -3.13. The predicted octanol–water partition coefficient (Wildman–Crippen LogP) is 2.87. The summed E-state index contributed by atoms with van der Waals surface area (Å²) in [6.07, 6.45) is 6.98. The smallest absolute Gasteiger partial charge is 0.325 e. The van der Waals surface area contributed by atoms with Crippen LogP contribution in [0.3, 0.4) is 0 Å². The van der Waals surface area contributed by atoms with Crippen molar-refractivity contribution < 1.29 is 24.6 Å². The van der Waals surface area contributed by atoms with Gasteiger partial charge in [0.1, 0.15) is 5.75 Å². The molecule has 1 heterocycles. The van der Waals surface area contributed by atoms with Crippen molar-refractivity contribution in [2.24, 2.45) is 10.9 Å². The van der Waals surface area contributed by atoms with E-state index in [0.717, 1.165) is 43.3 Å². The number of aliphatic hydroxyl groups excluding tert-OH is 1. The van der Waals surface area contributed by atoms with Crippen molar-refractivity contribution in [2.45, 2.75) is 57.6 Å². The maximum atomic E-state index is 12.9. The summed E-state index contributed by atoms with van der Waals surface area (Å²) in [6, 6.07) is 8.60. The Kier molecular flexibility index (Phi) is 6.60. The molecule has 8 heteroatoms. The molecule has 170 valence electrons. The van der Waals surface area contributed by atoms with Crippen LogP contribution in [-0.2, 0) is 0 Å². The summed E-state index contributed by atoms with van der Waals surface area (Å²) in [5.41, 5.74) is 8.61. The summed E-state index contributed by atoms with van der Waals surface area (Å²) in [7, 11) is 0. The number of nitrogen functional groups attached to an aromatic ring is 1. The second kappa shape index (κ2) is 9.56. The normalized spacial score (nSPS) is 20.9. The molecule has 1 aromatic heterocycles. The van der Waals surface area contributed by atoms with Gasteiger partial charge in [-0.05, 0) is 56.6 Å². The summed E-state index contributed by atoms with van der Waals surface area (Å²) in [6.45, 7) is 2.29. The zero-order valence-electron chi connectivity index (χ0n) is 18.3. The number of benzene rings is 1. The minimum atomic E-state index is -0.457. The van der Waals surface area contributed by atoms with Gasteiger partial charge in [-0.15, -0.1) is 0 Å². The number of hydrogen-bond donors (Lipinski definition) is 4. The van der Waals surface area contributed by atoms with Gasteiger partial charge in [0.25, 0.3) is 0 Å². The van der Waals surface area contributed by atoms with Crippen LogP contribution in [0.2, 0.25) is 0 Å². The lowest BCUT2D eigenvalue weighted by Gasteiger charge is -2.22. The van der Waals surface area contributed by atoms with Crippen LogP contribution in [0.5, 0.6) is 5.75 Å². The van der Waals surface area contributed by atoms with Crippen molar-refractivity contribution in [1.29, 1.82) is 0 Å². The van der Waals surface area contributed by atoms with E-state index in [1.165, 1.54) is 0 Å². The minimum Gasteiger partial charge on any atom is -0.491 e. The van der Waals surface area contributed by atoms with E-state index in [2.05, 4.69) is 10.3 Å². The van der Waals surface area contributed by atoms with E-state index in [4.69, 9.17) is 10.5 Å². The Labute approximate surface area is 187 Å². The zero-order valence-corrected chi connectivity index (χ0v) is 18.3. The molecule has 0 bridgehead atoms. The first-order valence-corrected chi connectivity index (χ1v) is 11.2. The number of ether oxygens (including phenoxy) is 1. The molecule has 4 rings (SSSR count). The fourth-order valence-corrected chi connectivity index (χ4v) is 3.79. The van der Waals surface area contributed by atoms with Crippen LogP contribution in [0.4, 0.5) is 11.4 Å². The van der Waals surface area contributed by atoms with Gasteiger partial charge in [-0.1, -0.05) is 0 Å². The average molecular weight is 440 g/mol. The molecule has 5 N–H and O–H groups in total. The Morgan fingerprint density at radius 2 is 2.00 bits per heavy atom. The zero-order chi connectivity index (χ0) is 22.7. The van der Waals surface area contributed by atoms with Crippen LogP contribution >= 0.6 is 0 Å². The molecule has 0 unspecified atom stereocenters. The number of nitrogens with one attached hydrogen (secondary N) is 1. The molecule has 2 aliphatic rings. The molecule has 2 fully saturated rings. The number of pyridine rings is 1. The van der Waals surface area contributed by atoms with Gasteiger partial charge < -0.3 is 20.9 Å². The number of rotatable bonds is 7. The van der Waals surface area contributed by atoms with E-state index in [9.17, 15) is 15.1 Å². The number of aromatic nitrogens is 1. The molecule has 32 heavy (non-hydrogen) atoms. The van der Waals surface area contributed by atoms with Crippen molar-refractivity contribution in [1.82, 2.24) is 0 Å². The number of carbonyl (C=O) groups excluding carboxylic acids is 1. The van der Waals surface area contributed by atoms with E-state index < -0.39 is 5.91 Å². The minimum absolute atomic E-state index is 0.117. The van der Waals surface area contributed by atoms with Crippen molar-refractivity contribution in [3.8, 4) is 5.75 Å². The maximum Gasteiger partial charge on any atom is 0.325 e. The number of aliphatic hydroxyl groups is 1. The van der Waals surface area contributed by atoms with Crippen molar-refractivity contribution in [3.05, 3.63) is 47.3 Å². The monoisotopic (exact) mass is 439 g/mol. The number of nitrogens with zero attached hydrogens (tertiary/aromatic N) is 2. The third kappa shape index (κ3) is 5.37. The lowest BCUT2D eigenvalue weighted by Crippen LogP contribution is -2.42. The lowest BCUT2D eigenvalue weighted by atomic mass is 9.93.